The summed E-state index contributed by atoms with van der Waals surface area (Å²) in [7, 11) is 0. The van der Waals surface area contributed by atoms with Crippen LogP contribution in [-0.2, 0) is 17.8 Å². The minimum atomic E-state index is -2.93. The molecule has 2 rings (SSSR count). The number of fused-ring (bicyclic) bond motifs is 1. The monoisotopic (exact) mass is 238 g/mol. The van der Waals surface area contributed by atoms with Crippen LogP contribution in [0.4, 0.5) is 8.78 Å². The lowest BCUT2D eigenvalue weighted by Crippen LogP contribution is -2.16. The van der Waals surface area contributed by atoms with Gasteiger partial charge in [-0.05, 0) is 19.1 Å². The molecule has 0 saturated carbocycles. The van der Waals surface area contributed by atoms with Crippen LogP contribution in [0.5, 0.6) is 0 Å². The number of hydrogen-bond donors (Lipinski definition) is 0. The fourth-order valence-corrected chi connectivity index (χ4v) is 1.85. The maximum absolute atomic E-state index is 12.2. The lowest BCUT2D eigenvalue weighted by atomic mass is 10.3. The highest BCUT2D eigenvalue weighted by Crippen LogP contribution is 2.17. The van der Waals surface area contributed by atoms with Crippen LogP contribution in [0.15, 0.2) is 24.3 Å². The van der Waals surface area contributed by atoms with Gasteiger partial charge in [-0.1, -0.05) is 12.1 Å². The van der Waals surface area contributed by atoms with Gasteiger partial charge >= 0.3 is 0 Å². The molecular formula is C12H12F2N2O. The second-order valence-corrected chi connectivity index (χ2v) is 3.70. The Labute approximate surface area is 97.1 Å². The number of imidazole rings is 1. The number of alkyl halides is 2. The van der Waals surface area contributed by atoms with Crippen LogP contribution < -0.4 is 0 Å². The maximum Gasteiger partial charge on any atom is 0.296 e. The van der Waals surface area contributed by atoms with Crippen molar-refractivity contribution in [2.24, 2.45) is 0 Å². The van der Waals surface area contributed by atoms with Gasteiger partial charge in [-0.3, -0.25) is 4.79 Å². The van der Waals surface area contributed by atoms with Crippen LogP contribution in [0.2, 0.25) is 0 Å². The molecule has 1 aromatic heterocycles. The summed E-state index contributed by atoms with van der Waals surface area (Å²) < 4.78 is 26.2. The van der Waals surface area contributed by atoms with Crippen molar-refractivity contribution < 1.29 is 13.6 Å². The minimum Gasteiger partial charge on any atom is -0.328 e. The SMILES string of the molecule is CCn1c(CC(=O)C(F)F)nc2ccccc21. The second-order valence-electron chi connectivity index (χ2n) is 3.70. The van der Waals surface area contributed by atoms with Gasteiger partial charge in [-0.15, -0.1) is 0 Å². The number of aromatic nitrogens is 2. The van der Waals surface area contributed by atoms with Gasteiger partial charge in [0.25, 0.3) is 6.43 Å². The lowest BCUT2D eigenvalue weighted by molar-refractivity contribution is -0.128. The molecule has 90 valence electrons. The number of para-hydroxylation sites is 2. The molecule has 17 heavy (non-hydrogen) atoms. The molecule has 0 aliphatic rings. The number of carbonyl (C=O) groups excluding carboxylic acids is 1. The van der Waals surface area contributed by atoms with E-state index in [9.17, 15) is 13.6 Å². The summed E-state index contributed by atoms with van der Waals surface area (Å²) in [5, 5.41) is 0. The van der Waals surface area contributed by atoms with Crippen LogP contribution in [0.25, 0.3) is 11.0 Å². The van der Waals surface area contributed by atoms with E-state index in [1.807, 2.05) is 25.1 Å². The zero-order chi connectivity index (χ0) is 12.4. The van der Waals surface area contributed by atoms with Crippen molar-refractivity contribution in [1.82, 2.24) is 9.55 Å². The molecule has 3 nitrogen and oxygen atoms in total. The zero-order valence-electron chi connectivity index (χ0n) is 9.36. The first-order chi connectivity index (χ1) is 8.13. The van der Waals surface area contributed by atoms with Gasteiger partial charge in [0.1, 0.15) is 5.82 Å². The highest BCUT2D eigenvalue weighted by Gasteiger charge is 2.19. The summed E-state index contributed by atoms with van der Waals surface area (Å²) >= 11 is 0. The Kier molecular flexibility index (Phi) is 3.17. The van der Waals surface area contributed by atoms with Gasteiger partial charge in [-0.25, -0.2) is 13.8 Å². The molecule has 0 N–H and O–H groups in total. The van der Waals surface area contributed by atoms with Crippen molar-refractivity contribution in [3.8, 4) is 0 Å². The van der Waals surface area contributed by atoms with Crippen molar-refractivity contribution in [2.45, 2.75) is 26.3 Å². The number of halogens is 2. The zero-order valence-corrected chi connectivity index (χ0v) is 9.36. The van der Waals surface area contributed by atoms with Gasteiger partial charge in [0.05, 0.1) is 17.5 Å². The molecule has 0 atom stereocenters. The van der Waals surface area contributed by atoms with E-state index < -0.39 is 12.2 Å². The van der Waals surface area contributed by atoms with Crippen LogP contribution in [-0.4, -0.2) is 21.8 Å². The number of nitrogens with zero attached hydrogens (tertiary/aromatic N) is 2. The van der Waals surface area contributed by atoms with Crippen molar-refractivity contribution >= 4 is 16.8 Å². The predicted molar refractivity (Wildman–Crippen MR) is 60.1 cm³/mol. The second kappa shape index (κ2) is 4.61. The van der Waals surface area contributed by atoms with Gasteiger partial charge in [0.15, 0.2) is 0 Å². The Bertz CT molecular complexity index is 548. The van der Waals surface area contributed by atoms with E-state index in [1.54, 1.807) is 10.6 Å². The van der Waals surface area contributed by atoms with E-state index in [4.69, 9.17) is 0 Å². The molecule has 0 aliphatic heterocycles. The number of ketones is 1. The lowest BCUT2D eigenvalue weighted by Gasteiger charge is -2.04. The Balaban J connectivity index is 2.43. The van der Waals surface area contributed by atoms with E-state index >= 15 is 0 Å². The smallest absolute Gasteiger partial charge is 0.296 e. The van der Waals surface area contributed by atoms with E-state index in [0.717, 1.165) is 11.0 Å². The normalized spacial score (nSPS) is 11.3. The van der Waals surface area contributed by atoms with E-state index in [2.05, 4.69) is 4.98 Å². The molecule has 2 aromatic rings. The summed E-state index contributed by atoms with van der Waals surface area (Å²) in [4.78, 5) is 15.3. The first-order valence-corrected chi connectivity index (χ1v) is 5.38. The molecule has 0 amide bonds. The Hall–Kier alpha value is -1.78. The van der Waals surface area contributed by atoms with Gasteiger partial charge in [0, 0.05) is 6.54 Å². The summed E-state index contributed by atoms with van der Waals surface area (Å²) in [5.41, 5.74) is 1.60. The summed E-state index contributed by atoms with van der Waals surface area (Å²) in [6.45, 7) is 2.50. The Morgan fingerprint density at radius 3 is 2.76 bits per heavy atom. The molecule has 0 radical (unpaired) electrons. The Morgan fingerprint density at radius 2 is 2.12 bits per heavy atom. The minimum absolute atomic E-state index is 0.319. The van der Waals surface area contributed by atoms with Crippen LogP contribution in [0.1, 0.15) is 12.7 Å². The highest BCUT2D eigenvalue weighted by molar-refractivity contribution is 5.84. The van der Waals surface area contributed by atoms with Crippen LogP contribution >= 0.6 is 0 Å². The Morgan fingerprint density at radius 1 is 1.41 bits per heavy atom. The molecule has 0 fully saturated rings. The first kappa shape index (κ1) is 11.7. The van der Waals surface area contributed by atoms with Crippen LogP contribution in [0.3, 0.4) is 0 Å². The number of rotatable bonds is 4. The first-order valence-electron chi connectivity index (χ1n) is 5.38. The molecule has 5 heteroatoms. The molecule has 1 heterocycles. The number of hydrogen-bond acceptors (Lipinski definition) is 2. The van der Waals surface area contributed by atoms with Crippen molar-refractivity contribution in [1.29, 1.82) is 0 Å². The van der Waals surface area contributed by atoms with E-state index in [1.165, 1.54) is 0 Å². The van der Waals surface area contributed by atoms with E-state index in [-0.39, 0.29) is 6.42 Å². The maximum atomic E-state index is 12.2. The third-order valence-corrected chi connectivity index (χ3v) is 2.63. The quantitative estimate of drug-likeness (QED) is 0.820. The summed E-state index contributed by atoms with van der Waals surface area (Å²) in [6, 6.07) is 7.35. The average molecular weight is 238 g/mol. The molecule has 0 unspecified atom stereocenters. The highest BCUT2D eigenvalue weighted by atomic mass is 19.3. The molecule has 1 aromatic carbocycles. The fourth-order valence-electron chi connectivity index (χ4n) is 1.85. The number of aryl methyl sites for hydroxylation is 1. The van der Waals surface area contributed by atoms with Crippen LogP contribution in [0, 0.1) is 0 Å². The fraction of sp³-hybridized carbons (Fsp3) is 0.333. The molecule has 0 saturated heterocycles. The van der Waals surface area contributed by atoms with Crippen molar-refractivity contribution in [2.75, 3.05) is 0 Å². The van der Waals surface area contributed by atoms with E-state index in [0.29, 0.717) is 12.4 Å². The van der Waals surface area contributed by atoms with Crippen molar-refractivity contribution in [3.63, 3.8) is 0 Å². The van der Waals surface area contributed by atoms with Gasteiger partial charge in [-0.2, -0.15) is 0 Å². The van der Waals surface area contributed by atoms with Crippen molar-refractivity contribution in [3.05, 3.63) is 30.1 Å². The standard InChI is InChI=1S/C12H12F2N2O/c1-2-16-9-6-4-3-5-8(9)15-11(16)7-10(17)12(13)14/h3-6,12H,2,7H2,1H3. The number of Topliss-reactive ketones (excluding diaryl/α,β-unsaturated/α-hetero) is 1. The summed E-state index contributed by atoms with van der Waals surface area (Å²) in [5.74, 6) is -0.686. The predicted octanol–water partition coefficient (Wildman–Crippen LogP) is 2.43. The molecule has 0 spiro atoms. The average Bonchev–Trinajstić information content (AvgIpc) is 2.65. The summed E-state index contributed by atoms with van der Waals surface area (Å²) in [6.07, 6.45) is -3.25. The third kappa shape index (κ3) is 2.18. The largest absolute Gasteiger partial charge is 0.328 e. The molecule has 0 aliphatic carbocycles. The number of carbonyl (C=O) groups is 1. The third-order valence-electron chi connectivity index (χ3n) is 2.63. The van der Waals surface area contributed by atoms with Gasteiger partial charge < -0.3 is 4.57 Å². The molecule has 0 bridgehead atoms. The molecular weight excluding hydrogens is 226 g/mol. The number of benzene rings is 1. The van der Waals surface area contributed by atoms with Gasteiger partial charge in [0.2, 0.25) is 5.78 Å². The topological polar surface area (TPSA) is 34.9 Å².